The average molecular weight is 272 g/mol. The van der Waals surface area contributed by atoms with Crippen molar-refractivity contribution < 1.29 is 9.13 Å². The van der Waals surface area contributed by atoms with Crippen LogP contribution >= 0.6 is 0 Å². The largest absolute Gasteiger partial charge is 0.491 e. The number of fused-ring (bicyclic) bond motifs is 1. The molecule has 0 bridgehead atoms. The maximum Gasteiger partial charge on any atom is 0.146 e. The predicted octanol–water partition coefficient (Wildman–Crippen LogP) is 2.68. The van der Waals surface area contributed by atoms with Gasteiger partial charge in [0.15, 0.2) is 0 Å². The Hall–Kier alpha value is -2.07. The molecule has 0 unspecified atom stereocenters. The summed E-state index contributed by atoms with van der Waals surface area (Å²) in [6.45, 7) is 2.21. The van der Waals surface area contributed by atoms with E-state index in [0.717, 1.165) is 16.9 Å². The zero-order valence-corrected chi connectivity index (χ0v) is 11.2. The normalized spacial score (nSPS) is 14.4. The Labute approximate surface area is 117 Å². The molecule has 3 nitrogen and oxygen atoms in total. The van der Waals surface area contributed by atoms with Gasteiger partial charge >= 0.3 is 0 Å². The monoisotopic (exact) mass is 272 g/mol. The number of hydrogen-bond donors (Lipinski definition) is 1. The van der Waals surface area contributed by atoms with Gasteiger partial charge in [-0.3, -0.25) is 0 Å². The molecule has 4 heteroatoms. The molecule has 104 valence electrons. The maximum atomic E-state index is 14.2. The van der Waals surface area contributed by atoms with E-state index in [4.69, 9.17) is 10.5 Å². The summed E-state index contributed by atoms with van der Waals surface area (Å²) in [5, 5.41) is 0. The van der Waals surface area contributed by atoms with E-state index in [9.17, 15) is 4.39 Å². The van der Waals surface area contributed by atoms with Crippen LogP contribution in [0, 0.1) is 5.82 Å². The van der Waals surface area contributed by atoms with Crippen molar-refractivity contribution in [3.05, 3.63) is 59.4 Å². The minimum atomic E-state index is -0.229. The number of hydrogen-bond acceptors (Lipinski definition) is 3. The molecule has 0 radical (unpaired) electrons. The third-order valence-corrected chi connectivity index (χ3v) is 3.54. The molecule has 0 spiro atoms. The highest BCUT2D eigenvalue weighted by Gasteiger charge is 2.17. The zero-order valence-electron chi connectivity index (χ0n) is 11.2. The maximum absolute atomic E-state index is 14.2. The smallest absolute Gasteiger partial charge is 0.146 e. The molecule has 0 aliphatic carbocycles. The second kappa shape index (κ2) is 5.51. The first kappa shape index (κ1) is 12.9. The quantitative estimate of drug-likeness (QED) is 0.913. The summed E-state index contributed by atoms with van der Waals surface area (Å²) < 4.78 is 19.9. The van der Waals surface area contributed by atoms with Crippen LogP contribution < -0.4 is 15.4 Å². The molecule has 3 rings (SSSR count). The predicted molar refractivity (Wildman–Crippen MR) is 77.3 cm³/mol. The second-order valence-electron chi connectivity index (χ2n) is 4.87. The van der Waals surface area contributed by atoms with Crippen LogP contribution in [0.25, 0.3) is 0 Å². The molecule has 2 aromatic carbocycles. The first-order valence-corrected chi connectivity index (χ1v) is 6.72. The van der Waals surface area contributed by atoms with Crippen LogP contribution in [0.5, 0.6) is 5.75 Å². The van der Waals surface area contributed by atoms with Gasteiger partial charge < -0.3 is 15.4 Å². The van der Waals surface area contributed by atoms with Crippen LogP contribution in [0.4, 0.5) is 10.1 Å². The van der Waals surface area contributed by atoms with Crippen molar-refractivity contribution in [2.24, 2.45) is 5.73 Å². The molecule has 0 saturated heterocycles. The Morgan fingerprint density at radius 3 is 2.85 bits per heavy atom. The topological polar surface area (TPSA) is 38.5 Å². The van der Waals surface area contributed by atoms with Gasteiger partial charge in [-0.25, -0.2) is 4.39 Å². The third kappa shape index (κ3) is 2.47. The van der Waals surface area contributed by atoms with Gasteiger partial charge in [0.25, 0.3) is 0 Å². The molecule has 0 amide bonds. The Morgan fingerprint density at radius 1 is 1.20 bits per heavy atom. The number of rotatable bonds is 2. The van der Waals surface area contributed by atoms with Gasteiger partial charge in [-0.2, -0.15) is 0 Å². The van der Waals surface area contributed by atoms with Gasteiger partial charge in [0.2, 0.25) is 0 Å². The average Bonchev–Trinajstić information content (AvgIpc) is 2.69. The Bertz CT molecular complexity index is 615. The molecule has 2 aromatic rings. The van der Waals surface area contributed by atoms with Gasteiger partial charge in [0.05, 0.1) is 12.2 Å². The summed E-state index contributed by atoms with van der Waals surface area (Å²) in [4.78, 5) is 2.00. The number of para-hydroxylation sites is 1. The van der Waals surface area contributed by atoms with Crippen molar-refractivity contribution in [2.75, 3.05) is 18.1 Å². The highest BCUT2D eigenvalue weighted by molar-refractivity contribution is 5.51. The van der Waals surface area contributed by atoms with Crippen molar-refractivity contribution in [3.8, 4) is 5.75 Å². The molecule has 0 aromatic heterocycles. The first-order valence-electron chi connectivity index (χ1n) is 6.72. The van der Waals surface area contributed by atoms with Crippen molar-refractivity contribution in [2.45, 2.75) is 13.1 Å². The molecule has 1 heterocycles. The molecule has 0 saturated carbocycles. The van der Waals surface area contributed by atoms with Gasteiger partial charge in [-0.1, -0.05) is 24.3 Å². The van der Waals surface area contributed by atoms with Gasteiger partial charge in [-0.15, -0.1) is 0 Å². The summed E-state index contributed by atoms with van der Waals surface area (Å²) in [5.41, 5.74) is 8.01. The van der Waals surface area contributed by atoms with Crippen LogP contribution in [0.3, 0.4) is 0 Å². The minimum absolute atomic E-state index is 0.229. The Kier molecular flexibility index (Phi) is 3.56. The Morgan fingerprint density at radius 2 is 2.05 bits per heavy atom. The van der Waals surface area contributed by atoms with E-state index in [2.05, 4.69) is 0 Å². The number of ether oxygens (including phenoxy) is 1. The summed E-state index contributed by atoms with van der Waals surface area (Å²) in [7, 11) is 0. The van der Waals surface area contributed by atoms with Crippen LogP contribution in [0.1, 0.15) is 11.1 Å². The van der Waals surface area contributed by atoms with E-state index in [-0.39, 0.29) is 5.82 Å². The number of anilines is 1. The van der Waals surface area contributed by atoms with E-state index in [1.165, 1.54) is 6.07 Å². The van der Waals surface area contributed by atoms with Crippen molar-refractivity contribution in [3.63, 3.8) is 0 Å². The first-order chi connectivity index (χ1) is 9.78. The van der Waals surface area contributed by atoms with Crippen molar-refractivity contribution in [1.82, 2.24) is 0 Å². The molecular formula is C16H17FN2O. The van der Waals surface area contributed by atoms with E-state index in [0.29, 0.717) is 31.9 Å². The van der Waals surface area contributed by atoms with Crippen LogP contribution in [-0.4, -0.2) is 13.2 Å². The molecule has 2 N–H and O–H groups in total. The van der Waals surface area contributed by atoms with E-state index in [1.54, 1.807) is 6.07 Å². The molecule has 0 atom stereocenters. The fourth-order valence-corrected chi connectivity index (χ4v) is 2.47. The number of benzene rings is 2. The third-order valence-electron chi connectivity index (χ3n) is 3.54. The van der Waals surface area contributed by atoms with E-state index < -0.39 is 0 Å². The summed E-state index contributed by atoms with van der Waals surface area (Å²) >= 11 is 0. The molecule has 20 heavy (non-hydrogen) atoms. The summed E-state index contributed by atoms with van der Waals surface area (Å²) in [6.07, 6.45) is 0. The number of nitrogens with zero attached hydrogens (tertiary/aromatic N) is 1. The van der Waals surface area contributed by atoms with Crippen LogP contribution in [0.15, 0.2) is 42.5 Å². The fraction of sp³-hybridized carbons (Fsp3) is 0.250. The molecule has 0 fully saturated rings. The molecule has 1 aliphatic rings. The Balaban J connectivity index is 1.91. The molecule has 1 aliphatic heterocycles. The summed E-state index contributed by atoms with van der Waals surface area (Å²) in [5.74, 6) is 0.654. The lowest BCUT2D eigenvalue weighted by Gasteiger charge is -2.23. The molecular weight excluding hydrogens is 255 g/mol. The lowest BCUT2D eigenvalue weighted by molar-refractivity contribution is 0.331. The van der Waals surface area contributed by atoms with Crippen molar-refractivity contribution in [1.29, 1.82) is 0 Å². The van der Waals surface area contributed by atoms with Crippen molar-refractivity contribution >= 4 is 5.69 Å². The SMILES string of the molecule is NCc1ccc(N2CCOc3ccccc3C2)c(F)c1. The lowest BCUT2D eigenvalue weighted by atomic mass is 10.1. The standard InChI is InChI=1S/C16H17FN2O/c17-14-9-12(10-18)5-6-15(14)19-7-8-20-16-4-2-1-3-13(16)11-19/h1-6,9H,7-8,10-11,18H2. The van der Waals surface area contributed by atoms with E-state index in [1.807, 2.05) is 35.2 Å². The zero-order chi connectivity index (χ0) is 13.9. The number of halogens is 1. The van der Waals surface area contributed by atoms with E-state index >= 15 is 0 Å². The minimum Gasteiger partial charge on any atom is -0.491 e. The van der Waals surface area contributed by atoms with Crippen LogP contribution in [0.2, 0.25) is 0 Å². The van der Waals surface area contributed by atoms with Crippen LogP contribution in [-0.2, 0) is 13.1 Å². The van der Waals surface area contributed by atoms with Gasteiger partial charge in [-0.05, 0) is 23.8 Å². The van der Waals surface area contributed by atoms with Gasteiger partial charge in [0, 0.05) is 18.7 Å². The number of nitrogens with two attached hydrogens (primary N) is 1. The summed E-state index contributed by atoms with van der Waals surface area (Å²) in [6, 6.07) is 13.1. The highest BCUT2D eigenvalue weighted by atomic mass is 19.1. The van der Waals surface area contributed by atoms with Gasteiger partial charge in [0.1, 0.15) is 18.2 Å². The lowest BCUT2D eigenvalue weighted by Crippen LogP contribution is -2.26. The fourth-order valence-electron chi connectivity index (χ4n) is 2.47. The second-order valence-corrected chi connectivity index (χ2v) is 4.87. The highest BCUT2D eigenvalue weighted by Crippen LogP contribution is 2.28.